The second-order valence-corrected chi connectivity index (χ2v) is 7.24. The third-order valence-electron chi connectivity index (χ3n) is 4.37. The van der Waals surface area contributed by atoms with Crippen LogP contribution in [0, 0.1) is 17.1 Å². The van der Waals surface area contributed by atoms with E-state index in [2.05, 4.69) is 6.07 Å². The van der Waals surface area contributed by atoms with Crippen molar-refractivity contribution in [3.8, 4) is 17.4 Å². The first-order valence-corrected chi connectivity index (χ1v) is 9.46. The highest BCUT2D eigenvalue weighted by Gasteiger charge is 2.35. The lowest BCUT2D eigenvalue weighted by Crippen LogP contribution is -2.27. The summed E-state index contributed by atoms with van der Waals surface area (Å²) >= 11 is 0.822. The number of nitrogens with zero attached hydrogens (tertiary/aromatic N) is 2. The van der Waals surface area contributed by atoms with Gasteiger partial charge in [0.1, 0.15) is 17.3 Å². The number of hydrogen-bond acceptors (Lipinski definition) is 5. The molecule has 1 aromatic heterocycles. The maximum atomic E-state index is 13.1. The van der Waals surface area contributed by atoms with Crippen molar-refractivity contribution in [2.75, 3.05) is 0 Å². The van der Waals surface area contributed by atoms with Crippen LogP contribution < -0.4 is 0 Å². The molecule has 0 atom stereocenters. The van der Waals surface area contributed by atoms with Gasteiger partial charge in [0.2, 0.25) is 0 Å². The molecule has 2 aromatic carbocycles. The Morgan fingerprint density at radius 1 is 1.07 bits per heavy atom. The van der Waals surface area contributed by atoms with E-state index in [1.165, 1.54) is 18.2 Å². The minimum atomic E-state index is -0.438. The highest BCUT2D eigenvalue weighted by Crippen LogP contribution is 2.34. The van der Waals surface area contributed by atoms with Gasteiger partial charge in [-0.1, -0.05) is 18.2 Å². The van der Waals surface area contributed by atoms with E-state index in [1.807, 2.05) is 0 Å². The Kier molecular flexibility index (Phi) is 5.02. The normalized spacial score (nSPS) is 15.2. The molecule has 0 bridgehead atoms. The Balaban J connectivity index is 1.55. The minimum absolute atomic E-state index is 0.0325. The number of benzene rings is 2. The van der Waals surface area contributed by atoms with E-state index in [1.54, 1.807) is 48.5 Å². The SMILES string of the molecule is N#Cc1ccccc1CN1C(=O)S/C(=C\c2ccc(-c3ccc(F)cc3)o2)C1=O. The lowest BCUT2D eigenvalue weighted by molar-refractivity contribution is -0.123. The van der Waals surface area contributed by atoms with Gasteiger partial charge >= 0.3 is 0 Å². The standard InChI is InChI=1S/C22H13FN2O3S/c23-17-7-5-14(6-8-17)19-10-9-18(28-19)11-20-21(26)25(22(27)29-20)13-16-4-2-1-3-15(16)12-24/h1-11H,13H2/b20-11-. The van der Waals surface area contributed by atoms with Crippen LogP contribution >= 0.6 is 11.8 Å². The monoisotopic (exact) mass is 404 g/mol. The van der Waals surface area contributed by atoms with Crippen molar-refractivity contribution in [3.63, 3.8) is 0 Å². The van der Waals surface area contributed by atoms with E-state index in [4.69, 9.17) is 4.42 Å². The van der Waals surface area contributed by atoms with Crippen LogP contribution in [0.15, 0.2) is 70.0 Å². The van der Waals surface area contributed by atoms with Gasteiger partial charge in [0.25, 0.3) is 11.1 Å². The lowest BCUT2D eigenvalue weighted by atomic mass is 10.1. The van der Waals surface area contributed by atoms with E-state index < -0.39 is 11.1 Å². The van der Waals surface area contributed by atoms with Crippen LogP contribution in [-0.2, 0) is 11.3 Å². The van der Waals surface area contributed by atoms with Crippen molar-refractivity contribution >= 4 is 29.0 Å². The van der Waals surface area contributed by atoms with Crippen LogP contribution in [0.2, 0.25) is 0 Å². The Bertz CT molecular complexity index is 1180. The molecule has 1 fully saturated rings. The molecule has 0 spiro atoms. The van der Waals surface area contributed by atoms with Crippen molar-refractivity contribution in [1.82, 2.24) is 4.90 Å². The van der Waals surface area contributed by atoms with Crippen LogP contribution in [0.3, 0.4) is 0 Å². The lowest BCUT2D eigenvalue weighted by Gasteiger charge is -2.13. The summed E-state index contributed by atoms with van der Waals surface area (Å²) in [6, 6.07) is 18.2. The van der Waals surface area contributed by atoms with Gasteiger partial charge in [-0.15, -0.1) is 0 Å². The number of thioether (sulfide) groups is 1. The van der Waals surface area contributed by atoms with Crippen LogP contribution in [0.4, 0.5) is 9.18 Å². The molecular formula is C22H13FN2O3S. The zero-order chi connectivity index (χ0) is 20.4. The Labute approximate surface area is 170 Å². The maximum absolute atomic E-state index is 13.1. The van der Waals surface area contributed by atoms with E-state index >= 15 is 0 Å². The number of amides is 2. The number of carbonyl (C=O) groups is 2. The molecule has 0 N–H and O–H groups in total. The highest BCUT2D eigenvalue weighted by molar-refractivity contribution is 8.18. The highest BCUT2D eigenvalue weighted by atomic mass is 32.2. The largest absolute Gasteiger partial charge is 0.457 e. The number of nitriles is 1. The van der Waals surface area contributed by atoms with Crippen LogP contribution in [0.5, 0.6) is 0 Å². The Hall–Kier alpha value is -3.63. The van der Waals surface area contributed by atoms with Crippen LogP contribution in [-0.4, -0.2) is 16.0 Å². The molecule has 0 radical (unpaired) electrons. The fourth-order valence-electron chi connectivity index (χ4n) is 2.90. The zero-order valence-corrected chi connectivity index (χ0v) is 15.8. The average molecular weight is 404 g/mol. The molecule has 142 valence electrons. The van der Waals surface area contributed by atoms with E-state index in [0.717, 1.165) is 16.7 Å². The molecule has 2 amide bonds. The zero-order valence-electron chi connectivity index (χ0n) is 15.0. The summed E-state index contributed by atoms with van der Waals surface area (Å²) in [7, 11) is 0. The summed E-state index contributed by atoms with van der Waals surface area (Å²) in [5.74, 6) is 0.158. The van der Waals surface area contributed by atoms with Crippen molar-refractivity contribution in [2.24, 2.45) is 0 Å². The summed E-state index contributed by atoms with van der Waals surface area (Å²) in [5.41, 5.74) is 1.73. The van der Waals surface area contributed by atoms with E-state index in [9.17, 15) is 19.2 Å². The van der Waals surface area contributed by atoms with Crippen molar-refractivity contribution < 1.29 is 18.4 Å². The summed E-state index contributed by atoms with van der Waals surface area (Å²) in [6.45, 7) is 0.0325. The first-order chi connectivity index (χ1) is 14.0. The molecule has 0 aliphatic carbocycles. The molecule has 0 saturated carbocycles. The van der Waals surface area contributed by atoms with Crippen LogP contribution in [0.1, 0.15) is 16.9 Å². The van der Waals surface area contributed by atoms with Gasteiger partial charge in [-0.2, -0.15) is 5.26 Å². The molecule has 1 saturated heterocycles. The summed E-state index contributed by atoms with van der Waals surface area (Å²) in [4.78, 5) is 26.4. The summed E-state index contributed by atoms with van der Waals surface area (Å²) in [5, 5.41) is 8.79. The second-order valence-electron chi connectivity index (χ2n) is 6.25. The first-order valence-electron chi connectivity index (χ1n) is 8.64. The van der Waals surface area contributed by atoms with E-state index in [0.29, 0.717) is 28.2 Å². The predicted molar refractivity (Wildman–Crippen MR) is 107 cm³/mol. The molecule has 5 nitrogen and oxygen atoms in total. The van der Waals surface area contributed by atoms with Gasteiger partial charge in [-0.05, 0) is 59.8 Å². The summed E-state index contributed by atoms with van der Waals surface area (Å²) < 4.78 is 18.8. The van der Waals surface area contributed by atoms with Gasteiger partial charge in [0.15, 0.2) is 0 Å². The van der Waals surface area contributed by atoms with Gasteiger partial charge in [-0.25, -0.2) is 4.39 Å². The molecule has 1 aliphatic heterocycles. The van der Waals surface area contributed by atoms with Crippen molar-refractivity contribution in [3.05, 3.63) is 88.3 Å². The predicted octanol–water partition coefficient (Wildman–Crippen LogP) is 5.19. The topological polar surface area (TPSA) is 74.3 Å². The Morgan fingerprint density at radius 2 is 1.83 bits per heavy atom. The number of rotatable bonds is 4. The number of furan rings is 1. The van der Waals surface area contributed by atoms with Crippen LogP contribution in [0.25, 0.3) is 17.4 Å². The Morgan fingerprint density at radius 3 is 2.59 bits per heavy atom. The average Bonchev–Trinajstić information content (AvgIpc) is 3.29. The number of carbonyl (C=O) groups excluding carboxylic acids is 2. The number of hydrogen-bond donors (Lipinski definition) is 0. The molecular weight excluding hydrogens is 391 g/mol. The second kappa shape index (κ2) is 7.78. The minimum Gasteiger partial charge on any atom is -0.457 e. The van der Waals surface area contributed by atoms with Crippen molar-refractivity contribution in [1.29, 1.82) is 5.26 Å². The molecule has 2 heterocycles. The summed E-state index contributed by atoms with van der Waals surface area (Å²) in [6.07, 6.45) is 1.51. The van der Waals surface area contributed by atoms with Gasteiger partial charge in [0.05, 0.1) is 23.1 Å². The van der Waals surface area contributed by atoms with E-state index in [-0.39, 0.29) is 17.3 Å². The van der Waals surface area contributed by atoms with Crippen molar-refractivity contribution in [2.45, 2.75) is 6.54 Å². The smallest absolute Gasteiger partial charge is 0.293 e. The van der Waals surface area contributed by atoms with Gasteiger partial charge in [0, 0.05) is 11.6 Å². The van der Waals surface area contributed by atoms with Gasteiger partial charge < -0.3 is 4.42 Å². The fourth-order valence-corrected chi connectivity index (χ4v) is 3.72. The quantitative estimate of drug-likeness (QED) is 0.559. The third-order valence-corrected chi connectivity index (χ3v) is 5.28. The first kappa shape index (κ1) is 18.7. The molecule has 1 aliphatic rings. The molecule has 3 aromatic rings. The molecule has 29 heavy (non-hydrogen) atoms. The fraction of sp³-hybridized carbons (Fsp3) is 0.0455. The molecule has 7 heteroatoms. The number of halogens is 1. The molecule has 4 rings (SSSR count). The number of imide groups is 1. The maximum Gasteiger partial charge on any atom is 0.293 e. The van der Waals surface area contributed by atoms with Gasteiger partial charge in [-0.3, -0.25) is 14.5 Å². The molecule has 0 unspecified atom stereocenters. The third kappa shape index (κ3) is 3.84.